The van der Waals surface area contributed by atoms with Gasteiger partial charge in [-0.1, -0.05) is 0 Å². The van der Waals surface area contributed by atoms with Crippen LogP contribution in [0.5, 0.6) is 0 Å². The molecule has 0 atom stereocenters. The molecule has 2 aliphatic rings. The molecular weight excluding hydrogens is 260 g/mol. The number of carbonyl (C=O) groups excluding carboxylic acids is 1. The molecule has 0 spiro atoms. The number of ether oxygens (including phenoxy) is 1. The van der Waals surface area contributed by atoms with Crippen molar-refractivity contribution in [3.05, 3.63) is 0 Å². The molecule has 1 heterocycles. The van der Waals surface area contributed by atoms with E-state index in [1.54, 1.807) is 0 Å². The van der Waals surface area contributed by atoms with Gasteiger partial charge in [-0.3, -0.25) is 4.79 Å². The monoisotopic (exact) mass is 284 g/mol. The second-order valence-corrected chi connectivity index (χ2v) is 7.08. The molecule has 6 nitrogen and oxygen atoms in total. The fourth-order valence-electron chi connectivity index (χ4n) is 2.47. The third kappa shape index (κ3) is 4.10. The molecular formula is C14H24N2O4. The van der Waals surface area contributed by atoms with E-state index < -0.39 is 11.6 Å². The van der Waals surface area contributed by atoms with Crippen LogP contribution >= 0.6 is 0 Å². The number of hydrogen-bond donors (Lipinski definition) is 2. The molecule has 20 heavy (non-hydrogen) atoms. The normalized spacial score (nSPS) is 21.9. The number of carbonyl (C=O) groups is 2. The van der Waals surface area contributed by atoms with Crippen molar-refractivity contribution in [3.8, 4) is 0 Å². The van der Waals surface area contributed by atoms with Crippen LogP contribution in [0.15, 0.2) is 0 Å². The lowest BCUT2D eigenvalue weighted by Gasteiger charge is -2.39. The number of nitrogens with one attached hydrogen (secondary N) is 1. The highest BCUT2D eigenvalue weighted by atomic mass is 16.6. The minimum Gasteiger partial charge on any atom is -0.481 e. The van der Waals surface area contributed by atoms with Gasteiger partial charge < -0.3 is 20.1 Å². The molecule has 1 aliphatic carbocycles. The van der Waals surface area contributed by atoms with Gasteiger partial charge in [-0.05, 0) is 33.6 Å². The number of amides is 1. The topological polar surface area (TPSA) is 78.9 Å². The Morgan fingerprint density at radius 3 is 2.40 bits per heavy atom. The highest BCUT2D eigenvalue weighted by Crippen LogP contribution is 2.46. The Labute approximate surface area is 119 Å². The van der Waals surface area contributed by atoms with Crippen molar-refractivity contribution in [2.45, 2.75) is 39.2 Å². The molecule has 0 unspecified atom stereocenters. The number of carboxylic acids is 1. The minimum absolute atomic E-state index is 0.125. The Bertz CT molecular complexity index is 392. The van der Waals surface area contributed by atoms with Crippen LogP contribution in [0.4, 0.5) is 4.79 Å². The van der Waals surface area contributed by atoms with Crippen molar-refractivity contribution in [1.29, 1.82) is 0 Å². The molecule has 0 aromatic rings. The Kier molecular flexibility index (Phi) is 3.95. The highest BCUT2D eigenvalue weighted by Gasteiger charge is 2.47. The maximum Gasteiger partial charge on any atom is 0.407 e. The van der Waals surface area contributed by atoms with Gasteiger partial charge >= 0.3 is 12.1 Å². The van der Waals surface area contributed by atoms with Gasteiger partial charge in [0.1, 0.15) is 5.60 Å². The van der Waals surface area contributed by atoms with Crippen molar-refractivity contribution in [2.75, 3.05) is 26.2 Å². The van der Waals surface area contributed by atoms with E-state index in [0.29, 0.717) is 19.6 Å². The van der Waals surface area contributed by atoms with Gasteiger partial charge in [0.05, 0.1) is 5.92 Å². The number of aliphatic carboxylic acids is 1. The first-order valence-corrected chi connectivity index (χ1v) is 7.11. The van der Waals surface area contributed by atoms with E-state index in [0.717, 1.165) is 19.4 Å². The zero-order valence-corrected chi connectivity index (χ0v) is 12.4. The third-order valence-electron chi connectivity index (χ3n) is 3.83. The molecule has 1 saturated heterocycles. The zero-order valence-electron chi connectivity index (χ0n) is 12.4. The molecule has 0 aromatic heterocycles. The van der Waals surface area contributed by atoms with E-state index in [4.69, 9.17) is 9.84 Å². The van der Waals surface area contributed by atoms with Crippen LogP contribution in [0.1, 0.15) is 33.6 Å². The lowest BCUT2D eigenvalue weighted by molar-refractivity contribution is -0.147. The Balaban J connectivity index is 1.68. The van der Waals surface area contributed by atoms with Crippen LogP contribution in [-0.4, -0.2) is 53.8 Å². The van der Waals surface area contributed by atoms with Gasteiger partial charge in [0, 0.05) is 31.6 Å². The average molecular weight is 284 g/mol. The van der Waals surface area contributed by atoms with Crippen LogP contribution in [0.3, 0.4) is 0 Å². The molecule has 2 N–H and O–H groups in total. The second kappa shape index (κ2) is 5.24. The van der Waals surface area contributed by atoms with Crippen molar-refractivity contribution in [3.63, 3.8) is 0 Å². The van der Waals surface area contributed by atoms with E-state index in [9.17, 15) is 9.59 Å². The first-order chi connectivity index (χ1) is 9.19. The number of carboxylic acid groups (broad SMARTS) is 1. The zero-order chi connectivity index (χ0) is 15.0. The Morgan fingerprint density at radius 2 is 1.95 bits per heavy atom. The van der Waals surface area contributed by atoms with E-state index >= 15 is 0 Å². The van der Waals surface area contributed by atoms with Crippen LogP contribution < -0.4 is 5.32 Å². The second-order valence-electron chi connectivity index (χ2n) is 7.08. The van der Waals surface area contributed by atoms with Crippen LogP contribution in [0.25, 0.3) is 0 Å². The van der Waals surface area contributed by atoms with Crippen molar-refractivity contribution >= 4 is 12.1 Å². The first-order valence-electron chi connectivity index (χ1n) is 7.11. The van der Waals surface area contributed by atoms with Crippen molar-refractivity contribution in [1.82, 2.24) is 10.2 Å². The molecule has 0 aromatic carbocycles. The molecule has 2 fully saturated rings. The SMILES string of the molecule is CC(C)(C)OC(=O)NCC1(CN2CC(C(=O)O)C2)CC1. The molecule has 0 bridgehead atoms. The van der Waals surface area contributed by atoms with E-state index in [1.165, 1.54) is 0 Å². The molecule has 0 radical (unpaired) electrons. The summed E-state index contributed by atoms with van der Waals surface area (Å²) in [6, 6.07) is 0. The lowest BCUT2D eigenvalue weighted by atomic mass is 9.97. The standard InChI is InChI=1S/C14H24N2O4/c1-13(2,3)20-12(19)15-8-14(4-5-14)9-16-6-10(7-16)11(17)18/h10H,4-9H2,1-3H3,(H,15,19)(H,17,18). The summed E-state index contributed by atoms with van der Waals surface area (Å²) >= 11 is 0. The number of hydrogen-bond acceptors (Lipinski definition) is 4. The number of alkyl carbamates (subject to hydrolysis) is 1. The van der Waals surface area contributed by atoms with Gasteiger partial charge in [0.15, 0.2) is 0 Å². The summed E-state index contributed by atoms with van der Waals surface area (Å²) in [6.45, 7) is 8.25. The molecule has 1 saturated carbocycles. The third-order valence-corrected chi connectivity index (χ3v) is 3.83. The van der Waals surface area contributed by atoms with Gasteiger partial charge in [-0.2, -0.15) is 0 Å². The smallest absolute Gasteiger partial charge is 0.407 e. The van der Waals surface area contributed by atoms with Crippen LogP contribution in [-0.2, 0) is 9.53 Å². The fourth-order valence-corrected chi connectivity index (χ4v) is 2.47. The van der Waals surface area contributed by atoms with Crippen LogP contribution in [0.2, 0.25) is 0 Å². The molecule has 6 heteroatoms. The maximum absolute atomic E-state index is 11.6. The molecule has 1 amide bonds. The Hall–Kier alpha value is -1.30. The minimum atomic E-state index is -0.710. The summed E-state index contributed by atoms with van der Waals surface area (Å²) < 4.78 is 5.21. The summed E-state index contributed by atoms with van der Waals surface area (Å²) in [7, 11) is 0. The molecule has 114 valence electrons. The first kappa shape index (κ1) is 15.1. The summed E-state index contributed by atoms with van der Waals surface area (Å²) in [5.74, 6) is -0.928. The highest BCUT2D eigenvalue weighted by molar-refractivity contribution is 5.71. The number of rotatable bonds is 5. The van der Waals surface area contributed by atoms with Crippen LogP contribution in [0, 0.1) is 11.3 Å². The lowest BCUT2D eigenvalue weighted by Crippen LogP contribution is -2.53. The van der Waals surface area contributed by atoms with E-state index in [-0.39, 0.29) is 17.4 Å². The van der Waals surface area contributed by atoms with Gasteiger partial charge in [0.25, 0.3) is 0 Å². The van der Waals surface area contributed by atoms with E-state index in [1.807, 2.05) is 20.8 Å². The maximum atomic E-state index is 11.6. The fraction of sp³-hybridized carbons (Fsp3) is 0.857. The summed E-state index contributed by atoms with van der Waals surface area (Å²) in [6.07, 6.45) is 1.78. The predicted molar refractivity (Wildman–Crippen MR) is 73.5 cm³/mol. The summed E-state index contributed by atoms with van der Waals surface area (Å²) in [5, 5.41) is 11.7. The van der Waals surface area contributed by atoms with Gasteiger partial charge in [-0.15, -0.1) is 0 Å². The van der Waals surface area contributed by atoms with Gasteiger partial charge in [0.2, 0.25) is 0 Å². The largest absolute Gasteiger partial charge is 0.481 e. The Morgan fingerprint density at radius 1 is 1.35 bits per heavy atom. The quantitative estimate of drug-likeness (QED) is 0.795. The summed E-state index contributed by atoms with van der Waals surface area (Å²) in [5.41, 5.74) is -0.354. The number of nitrogens with zero attached hydrogens (tertiary/aromatic N) is 1. The van der Waals surface area contributed by atoms with Gasteiger partial charge in [-0.25, -0.2) is 4.79 Å². The van der Waals surface area contributed by atoms with Crippen molar-refractivity contribution in [2.24, 2.45) is 11.3 Å². The summed E-state index contributed by atoms with van der Waals surface area (Å²) in [4.78, 5) is 24.5. The molecule has 1 aliphatic heterocycles. The predicted octanol–water partition coefficient (Wildman–Crippen LogP) is 1.31. The average Bonchev–Trinajstić information content (AvgIpc) is 2.98. The number of likely N-dealkylation sites (tertiary alicyclic amines) is 1. The van der Waals surface area contributed by atoms with Crippen molar-refractivity contribution < 1.29 is 19.4 Å². The van der Waals surface area contributed by atoms with E-state index in [2.05, 4.69) is 10.2 Å². The molecule has 2 rings (SSSR count).